The Morgan fingerprint density at radius 2 is 1.85 bits per heavy atom. The fourth-order valence-corrected chi connectivity index (χ4v) is 3.33. The summed E-state index contributed by atoms with van der Waals surface area (Å²) in [4.78, 5) is 16.6. The topological polar surface area (TPSA) is 72.5 Å². The van der Waals surface area contributed by atoms with Gasteiger partial charge in [0.15, 0.2) is 11.5 Å². The van der Waals surface area contributed by atoms with Crippen LogP contribution in [0.4, 0.5) is 4.79 Å². The summed E-state index contributed by atoms with van der Waals surface area (Å²) in [6.07, 6.45) is 0. The van der Waals surface area contributed by atoms with Crippen molar-refractivity contribution in [3.8, 4) is 22.8 Å². The first-order chi connectivity index (χ1) is 12.8. The van der Waals surface area contributed by atoms with Crippen LogP contribution in [0.2, 0.25) is 0 Å². The monoisotopic (exact) mass is 367 g/mol. The molecule has 0 bridgehead atoms. The van der Waals surface area contributed by atoms with Crippen LogP contribution in [-0.4, -0.2) is 17.8 Å². The van der Waals surface area contributed by atoms with Crippen LogP contribution in [0.5, 0.6) is 11.5 Å². The molecule has 2 heterocycles. The Morgan fingerprint density at radius 3 is 2.73 bits per heavy atom. The van der Waals surface area contributed by atoms with E-state index in [-0.39, 0.29) is 12.8 Å². The third-order valence-corrected chi connectivity index (χ3v) is 4.76. The van der Waals surface area contributed by atoms with E-state index >= 15 is 0 Å². The van der Waals surface area contributed by atoms with Gasteiger partial charge in [0.25, 0.3) is 0 Å². The highest BCUT2D eigenvalue weighted by molar-refractivity contribution is 7.09. The summed E-state index contributed by atoms with van der Waals surface area (Å²) in [6, 6.07) is 15.4. The van der Waals surface area contributed by atoms with Gasteiger partial charge in [-0.15, -0.1) is 11.3 Å². The Labute approximate surface area is 154 Å². The highest BCUT2D eigenvalue weighted by Gasteiger charge is 2.13. The Bertz CT molecular complexity index is 911. The van der Waals surface area contributed by atoms with Crippen molar-refractivity contribution >= 4 is 17.4 Å². The largest absolute Gasteiger partial charge is 0.454 e. The molecular weight excluding hydrogens is 350 g/mol. The minimum atomic E-state index is -0.237. The SMILES string of the molecule is O=C(NCc1ccc2c(c1)OCO2)NCc1nc(-c2ccccc2)cs1. The lowest BCUT2D eigenvalue weighted by molar-refractivity contribution is 0.174. The van der Waals surface area contributed by atoms with Crippen molar-refractivity contribution in [2.75, 3.05) is 6.79 Å². The lowest BCUT2D eigenvalue weighted by Gasteiger charge is -2.07. The van der Waals surface area contributed by atoms with Gasteiger partial charge in [0.05, 0.1) is 12.2 Å². The van der Waals surface area contributed by atoms with Crippen molar-refractivity contribution in [2.24, 2.45) is 0 Å². The minimum Gasteiger partial charge on any atom is -0.454 e. The van der Waals surface area contributed by atoms with Crippen molar-refractivity contribution < 1.29 is 14.3 Å². The summed E-state index contributed by atoms with van der Waals surface area (Å²) >= 11 is 1.53. The van der Waals surface area contributed by atoms with E-state index in [9.17, 15) is 4.79 Å². The summed E-state index contributed by atoms with van der Waals surface area (Å²) in [5, 5.41) is 8.52. The molecule has 2 aromatic carbocycles. The number of carbonyl (C=O) groups is 1. The van der Waals surface area contributed by atoms with Crippen LogP contribution in [-0.2, 0) is 13.1 Å². The quantitative estimate of drug-likeness (QED) is 0.723. The van der Waals surface area contributed by atoms with Crippen LogP contribution >= 0.6 is 11.3 Å². The highest BCUT2D eigenvalue weighted by Crippen LogP contribution is 2.32. The van der Waals surface area contributed by atoms with Gasteiger partial charge in [-0.05, 0) is 17.7 Å². The number of aromatic nitrogens is 1. The summed E-state index contributed by atoms with van der Waals surface area (Å²) in [7, 11) is 0. The molecule has 132 valence electrons. The van der Waals surface area contributed by atoms with Gasteiger partial charge >= 0.3 is 6.03 Å². The molecule has 0 spiro atoms. The summed E-state index contributed by atoms with van der Waals surface area (Å²) in [5.41, 5.74) is 2.94. The average molecular weight is 367 g/mol. The molecule has 1 aromatic heterocycles. The molecule has 0 saturated carbocycles. The van der Waals surface area contributed by atoms with Gasteiger partial charge in [-0.2, -0.15) is 0 Å². The van der Waals surface area contributed by atoms with Crippen LogP contribution in [0.1, 0.15) is 10.6 Å². The number of thiazole rings is 1. The van der Waals surface area contributed by atoms with Crippen LogP contribution < -0.4 is 20.1 Å². The first kappa shape index (κ1) is 16.4. The van der Waals surface area contributed by atoms with E-state index in [1.807, 2.05) is 53.9 Å². The van der Waals surface area contributed by atoms with Gasteiger partial charge in [0.1, 0.15) is 5.01 Å². The maximum atomic E-state index is 12.0. The molecule has 1 aliphatic heterocycles. The Hall–Kier alpha value is -3.06. The zero-order valence-electron chi connectivity index (χ0n) is 13.9. The number of carbonyl (C=O) groups excluding carboxylic acids is 1. The molecule has 1 aliphatic rings. The summed E-state index contributed by atoms with van der Waals surface area (Å²) in [6.45, 7) is 1.05. The molecule has 3 aromatic rings. The zero-order valence-corrected chi connectivity index (χ0v) is 14.7. The van der Waals surface area contributed by atoms with E-state index in [0.717, 1.165) is 27.6 Å². The molecule has 0 fully saturated rings. The van der Waals surface area contributed by atoms with Crippen molar-refractivity contribution in [3.63, 3.8) is 0 Å². The number of hydrogen-bond donors (Lipinski definition) is 2. The first-order valence-corrected chi connectivity index (χ1v) is 9.06. The first-order valence-electron chi connectivity index (χ1n) is 8.18. The van der Waals surface area contributed by atoms with E-state index in [0.29, 0.717) is 18.8 Å². The average Bonchev–Trinajstić information content (AvgIpc) is 3.34. The predicted octanol–water partition coefficient (Wildman–Crippen LogP) is 3.54. The van der Waals surface area contributed by atoms with E-state index in [1.54, 1.807) is 0 Å². The Balaban J connectivity index is 1.27. The smallest absolute Gasteiger partial charge is 0.315 e. The van der Waals surface area contributed by atoms with Gasteiger partial charge < -0.3 is 20.1 Å². The lowest BCUT2D eigenvalue weighted by Crippen LogP contribution is -2.34. The number of benzene rings is 2. The van der Waals surface area contributed by atoms with Gasteiger partial charge in [-0.3, -0.25) is 0 Å². The number of hydrogen-bond acceptors (Lipinski definition) is 5. The van der Waals surface area contributed by atoms with Crippen molar-refractivity contribution in [1.82, 2.24) is 15.6 Å². The van der Waals surface area contributed by atoms with E-state index in [1.165, 1.54) is 11.3 Å². The fourth-order valence-electron chi connectivity index (χ4n) is 2.59. The maximum absolute atomic E-state index is 12.0. The number of nitrogens with one attached hydrogen (secondary N) is 2. The number of fused-ring (bicyclic) bond motifs is 1. The summed E-state index contributed by atoms with van der Waals surface area (Å²) in [5.74, 6) is 1.44. The van der Waals surface area contributed by atoms with Crippen molar-refractivity contribution in [1.29, 1.82) is 0 Å². The van der Waals surface area contributed by atoms with Crippen LogP contribution in [0, 0.1) is 0 Å². The van der Waals surface area contributed by atoms with Crippen molar-refractivity contribution in [3.05, 3.63) is 64.5 Å². The van der Waals surface area contributed by atoms with E-state index in [4.69, 9.17) is 9.47 Å². The van der Waals surface area contributed by atoms with Gasteiger partial charge in [0, 0.05) is 17.5 Å². The van der Waals surface area contributed by atoms with Gasteiger partial charge in [0.2, 0.25) is 6.79 Å². The number of amides is 2. The van der Waals surface area contributed by atoms with Crippen LogP contribution in [0.25, 0.3) is 11.3 Å². The Morgan fingerprint density at radius 1 is 1.04 bits per heavy atom. The van der Waals surface area contributed by atoms with Crippen LogP contribution in [0.15, 0.2) is 53.9 Å². The third kappa shape index (κ3) is 3.78. The predicted molar refractivity (Wildman–Crippen MR) is 99.2 cm³/mol. The number of nitrogens with zero attached hydrogens (tertiary/aromatic N) is 1. The standard InChI is InChI=1S/C19H17N3O3S/c23-19(20-9-13-6-7-16-17(8-13)25-12-24-16)21-10-18-22-15(11-26-18)14-4-2-1-3-5-14/h1-8,11H,9-10,12H2,(H2,20,21,23). The maximum Gasteiger partial charge on any atom is 0.315 e. The second-order valence-corrected chi connectivity index (χ2v) is 6.66. The molecule has 4 rings (SSSR count). The second-order valence-electron chi connectivity index (χ2n) is 5.72. The summed E-state index contributed by atoms with van der Waals surface area (Å²) < 4.78 is 10.6. The lowest BCUT2D eigenvalue weighted by atomic mass is 10.2. The molecule has 6 nitrogen and oxygen atoms in total. The number of rotatable bonds is 5. The Kier molecular flexibility index (Phi) is 4.70. The van der Waals surface area contributed by atoms with Crippen LogP contribution in [0.3, 0.4) is 0 Å². The molecule has 0 atom stereocenters. The highest BCUT2D eigenvalue weighted by atomic mass is 32.1. The normalized spacial score (nSPS) is 12.0. The molecule has 2 N–H and O–H groups in total. The molecule has 7 heteroatoms. The molecule has 2 amide bonds. The molecule has 0 unspecified atom stereocenters. The molecule has 0 aliphatic carbocycles. The second kappa shape index (κ2) is 7.45. The third-order valence-electron chi connectivity index (χ3n) is 3.91. The number of urea groups is 1. The van der Waals surface area contributed by atoms with Gasteiger partial charge in [-0.1, -0.05) is 36.4 Å². The van der Waals surface area contributed by atoms with E-state index in [2.05, 4.69) is 15.6 Å². The minimum absolute atomic E-state index is 0.237. The van der Waals surface area contributed by atoms with Gasteiger partial charge in [-0.25, -0.2) is 9.78 Å². The molecule has 0 radical (unpaired) electrons. The molecule has 0 saturated heterocycles. The zero-order chi connectivity index (χ0) is 17.8. The molecule has 26 heavy (non-hydrogen) atoms. The number of ether oxygens (including phenoxy) is 2. The molecular formula is C19H17N3O3S. The van der Waals surface area contributed by atoms with E-state index < -0.39 is 0 Å². The van der Waals surface area contributed by atoms with Crippen molar-refractivity contribution in [2.45, 2.75) is 13.1 Å². The fraction of sp³-hybridized carbons (Fsp3) is 0.158.